The predicted octanol–water partition coefficient (Wildman–Crippen LogP) is 10.4. The molecule has 11 nitrogen and oxygen atoms in total. The van der Waals surface area contributed by atoms with Crippen LogP contribution in [0.5, 0.6) is 11.5 Å². The van der Waals surface area contributed by atoms with E-state index in [1.165, 1.54) is 11.6 Å². The number of carbonyl (C=O) groups is 1. The Kier molecular flexibility index (Phi) is 10.2. The second-order valence-corrected chi connectivity index (χ2v) is 15.3. The van der Waals surface area contributed by atoms with Gasteiger partial charge in [0, 0.05) is 53.6 Å². The highest BCUT2D eigenvalue weighted by Gasteiger charge is 2.32. The Morgan fingerprint density at radius 2 is 1.62 bits per heavy atom. The first-order valence-electron chi connectivity index (χ1n) is 20.0. The summed E-state index contributed by atoms with van der Waals surface area (Å²) < 4.78 is 50.5. The van der Waals surface area contributed by atoms with E-state index in [1.54, 1.807) is 11.0 Å². The molecule has 0 radical (unpaired) electrons. The summed E-state index contributed by atoms with van der Waals surface area (Å²) in [6.45, 7) is 5.67. The maximum absolute atomic E-state index is 13.6. The molecule has 1 fully saturated rings. The molecule has 2 aliphatic rings. The molecule has 0 saturated carbocycles. The lowest BCUT2D eigenvalue weighted by atomic mass is 9.91. The van der Waals surface area contributed by atoms with Gasteiger partial charge in [0.1, 0.15) is 34.6 Å². The Hall–Kier alpha value is -6.78. The molecule has 1 N–H and O–H groups in total. The van der Waals surface area contributed by atoms with Crippen molar-refractivity contribution in [2.75, 3.05) is 18.1 Å². The van der Waals surface area contributed by atoms with Gasteiger partial charge in [-0.3, -0.25) is 9.69 Å². The van der Waals surface area contributed by atoms with Gasteiger partial charge in [0.2, 0.25) is 11.8 Å². The minimum Gasteiger partial charge on any atom is -0.493 e. The molecule has 0 aliphatic carbocycles. The number of hydrogen-bond donors (Lipinski definition) is 1. The standard InChI is InChI=1S/C47H41F2N5O6/c1-4-17-57-40-15-7-13-38-35(40)25-54(38)23-28-18-29(22-50)43-37(19-28)52-45(60-43)34-12-6-10-32(27(34)3)31-9-5-11-33(26(31)2)44-51-36-20-30(24-53-16-8-14-39(53)46(55)56)41(59-47(48)49)21-42(36)58-44/h5-7,9-13,15,18-21,39,47H,4,8,14,16-17,23-25H2,1-3H3,(H,55,56)/t39-/m0/s1. The predicted molar refractivity (Wildman–Crippen MR) is 222 cm³/mol. The fraction of sp³-hybridized carbons (Fsp3) is 0.277. The number of hydrogen-bond acceptors (Lipinski definition) is 10. The molecule has 2 aromatic heterocycles. The summed E-state index contributed by atoms with van der Waals surface area (Å²) in [5, 5.41) is 19.9. The van der Waals surface area contributed by atoms with Crippen molar-refractivity contribution in [2.45, 2.75) is 72.3 Å². The fourth-order valence-electron chi connectivity index (χ4n) is 8.56. The van der Waals surface area contributed by atoms with E-state index in [2.05, 4.69) is 24.0 Å². The van der Waals surface area contributed by atoms with Gasteiger partial charge in [-0.1, -0.05) is 37.3 Å². The monoisotopic (exact) mass is 809 g/mol. The van der Waals surface area contributed by atoms with Crippen LogP contribution in [-0.2, 0) is 24.4 Å². The van der Waals surface area contributed by atoms with Crippen LogP contribution < -0.4 is 14.4 Å². The molecule has 0 amide bonds. The highest BCUT2D eigenvalue weighted by atomic mass is 19.3. The largest absolute Gasteiger partial charge is 0.493 e. The van der Waals surface area contributed by atoms with Crippen LogP contribution in [0.4, 0.5) is 14.5 Å². The van der Waals surface area contributed by atoms with Crippen molar-refractivity contribution in [3.05, 3.63) is 112 Å². The number of alkyl halides is 2. The van der Waals surface area contributed by atoms with Crippen molar-refractivity contribution in [2.24, 2.45) is 0 Å². The van der Waals surface area contributed by atoms with E-state index in [0.717, 1.165) is 57.8 Å². The molecule has 0 unspecified atom stereocenters. The number of fused-ring (bicyclic) bond motifs is 3. The van der Waals surface area contributed by atoms with E-state index in [4.69, 9.17) is 28.3 Å². The highest BCUT2D eigenvalue weighted by Crippen LogP contribution is 2.42. The quantitative estimate of drug-likeness (QED) is 0.119. The topological polar surface area (TPSA) is 138 Å². The van der Waals surface area contributed by atoms with Crippen molar-refractivity contribution < 1.29 is 37.0 Å². The number of likely N-dealkylation sites (tertiary alicyclic amines) is 1. The Balaban J connectivity index is 1.01. The van der Waals surface area contributed by atoms with E-state index in [0.29, 0.717) is 77.6 Å². The molecular weight excluding hydrogens is 769 g/mol. The van der Waals surface area contributed by atoms with Crippen molar-refractivity contribution in [1.29, 1.82) is 5.26 Å². The zero-order chi connectivity index (χ0) is 41.7. The van der Waals surface area contributed by atoms with Crippen LogP contribution >= 0.6 is 0 Å². The summed E-state index contributed by atoms with van der Waals surface area (Å²) in [4.78, 5) is 25.5. The van der Waals surface area contributed by atoms with Crippen LogP contribution in [0.15, 0.2) is 87.7 Å². The molecule has 13 heteroatoms. The number of aromatic nitrogens is 2. The smallest absolute Gasteiger partial charge is 0.387 e. The third kappa shape index (κ3) is 7.06. The van der Waals surface area contributed by atoms with Gasteiger partial charge in [0.15, 0.2) is 11.2 Å². The van der Waals surface area contributed by atoms with Crippen LogP contribution in [0, 0.1) is 25.2 Å². The summed E-state index contributed by atoms with van der Waals surface area (Å²) in [5.41, 5.74) is 10.9. The van der Waals surface area contributed by atoms with Crippen LogP contribution in [0.1, 0.15) is 59.6 Å². The van der Waals surface area contributed by atoms with Crippen LogP contribution in [0.3, 0.4) is 0 Å². The number of carboxylic acid groups (broad SMARTS) is 1. The number of aliphatic carboxylic acids is 1. The molecule has 1 saturated heterocycles. The summed E-state index contributed by atoms with van der Waals surface area (Å²) in [5.74, 6) is 0.594. The summed E-state index contributed by atoms with van der Waals surface area (Å²) >= 11 is 0. The Labute approximate surface area is 344 Å². The number of anilines is 1. The summed E-state index contributed by atoms with van der Waals surface area (Å²) in [7, 11) is 0. The summed E-state index contributed by atoms with van der Waals surface area (Å²) in [6, 6.07) is 26.3. The van der Waals surface area contributed by atoms with E-state index >= 15 is 0 Å². The molecular formula is C47H41F2N5O6. The highest BCUT2D eigenvalue weighted by molar-refractivity contribution is 5.87. The van der Waals surface area contributed by atoms with E-state index in [9.17, 15) is 23.9 Å². The third-order valence-corrected chi connectivity index (χ3v) is 11.5. The van der Waals surface area contributed by atoms with Gasteiger partial charge < -0.3 is 28.3 Å². The molecule has 0 bridgehead atoms. The molecule has 60 heavy (non-hydrogen) atoms. The molecule has 4 heterocycles. The van der Waals surface area contributed by atoms with Crippen molar-refractivity contribution in [1.82, 2.24) is 14.9 Å². The van der Waals surface area contributed by atoms with Crippen LogP contribution in [0.25, 0.3) is 56.2 Å². The summed E-state index contributed by atoms with van der Waals surface area (Å²) in [6.07, 6.45) is 2.12. The number of benzene rings is 5. The fourth-order valence-corrected chi connectivity index (χ4v) is 8.56. The average molecular weight is 810 g/mol. The number of halogens is 2. The molecule has 1 atom stereocenters. The number of rotatable bonds is 13. The van der Waals surface area contributed by atoms with Gasteiger partial charge in [-0.15, -0.1) is 0 Å². The molecule has 2 aliphatic heterocycles. The number of ether oxygens (including phenoxy) is 2. The van der Waals surface area contributed by atoms with E-state index in [-0.39, 0.29) is 17.9 Å². The number of carboxylic acids is 1. The molecule has 304 valence electrons. The van der Waals surface area contributed by atoms with Crippen molar-refractivity contribution in [3.8, 4) is 51.6 Å². The molecule has 7 aromatic rings. The number of nitriles is 1. The lowest BCUT2D eigenvalue weighted by molar-refractivity contribution is -0.142. The van der Waals surface area contributed by atoms with Gasteiger partial charge in [-0.25, -0.2) is 9.97 Å². The SMILES string of the molecule is CCCOc1cccc2c1CN2Cc1cc(C#N)c2oc(-c3cccc(-c4cccc(-c5nc6cc(CN7CCC[C@H]7C(=O)O)c(OC(F)F)cc6o5)c4C)c3C)nc2c1. The van der Waals surface area contributed by atoms with Gasteiger partial charge >= 0.3 is 12.6 Å². The first-order chi connectivity index (χ1) is 29.1. The van der Waals surface area contributed by atoms with E-state index in [1.807, 2.05) is 74.5 Å². The van der Waals surface area contributed by atoms with Crippen LogP contribution in [0.2, 0.25) is 0 Å². The van der Waals surface area contributed by atoms with Crippen LogP contribution in [-0.4, -0.2) is 51.7 Å². The van der Waals surface area contributed by atoms with Crippen molar-refractivity contribution in [3.63, 3.8) is 0 Å². The zero-order valence-corrected chi connectivity index (χ0v) is 33.3. The maximum Gasteiger partial charge on any atom is 0.387 e. The minimum atomic E-state index is -3.08. The lowest BCUT2D eigenvalue weighted by Crippen LogP contribution is -2.35. The lowest BCUT2D eigenvalue weighted by Gasteiger charge is -2.37. The van der Waals surface area contributed by atoms with Gasteiger partial charge in [0.25, 0.3) is 0 Å². The molecule has 0 spiro atoms. The first kappa shape index (κ1) is 38.7. The number of nitrogens with zero attached hydrogens (tertiary/aromatic N) is 5. The van der Waals surface area contributed by atoms with Crippen molar-refractivity contribution >= 4 is 33.9 Å². The molecule has 5 aromatic carbocycles. The number of oxazole rings is 2. The van der Waals surface area contributed by atoms with Gasteiger partial charge in [0.05, 0.1) is 12.2 Å². The second kappa shape index (κ2) is 15.8. The van der Waals surface area contributed by atoms with E-state index < -0.39 is 18.6 Å². The Bertz CT molecular complexity index is 2840. The average Bonchev–Trinajstić information content (AvgIpc) is 3.98. The normalized spacial score (nSPS) is 15.1. The Morgan fingerprint density at radius 3 is 2.32 bits per heavy atom. The first-order valence-corrected chi connectivity index (χ1v) is 20.0. The zero-order valence-electron chi connectivity index (χ0n) is 33.3. The molecule has 9 rings (SSSR count). The van der Waals surface area contributed by atoms with Gasteiger partial charge in [-0.2, -0.15) is 14.0 Å². The minimum absolute atomic E-state index is 0.0832. The second-order valence-electron chi connectivity index (χ2n) is 15.3. The maximum atomic E-state index is 13.6. The Morgan fingerprint density at radius 1 is 0.917 bits per heavy atom. The van der Waals surface area contributed by atoms with Gasteiger partial charge in [-0.05, 0) is 110 Å². The third-order valence-electron chi connectivity index (χ3n) is 11.5.